The van der Waals surface area contributed by atoms with E-state index in [1.165, 1.54) is 6.07 Å². The van der Waals surface area contributed by atoms with E-state index in [-0.39, 0.29) is 11.2 Å². The number of hydrogen-bond acceptors (Lipinski definition) is 3. The minimum atomic E-state index is -0.880. The van der Waals surface area contributed by atoms with Crippen LogP contribution < -0.4 is 11.1 Å². The Hall–Kier alpha value is -1.23. The third kappa shape index (κ3) is 3.03. The molecule has 1 saturated heterocycles. The number of amides is 1. The van der Waals surface area contributed by atoms with Gasteiger partial charge in [0.1, 0.15) is 11.4 Å². The van der Waals surface area contributed by atoms with Gasteiger partial charge in [0.15, 0.2) is 0 Å². The number of benzene rings is 1. The third-order valence-electron chi connectivity index (χ3n) is 3.34. The Morgan fingerprint density at radius 3 is 2.63 bits per heavy atom. The second-order valence-electron chi connectivity index (χ2n) is 5.88. The topological polar surface area (TPSA) is 55.1 Å². The van der Waals surface area contributed by atoms with Crippen molar-refractivity contribution in [3.05, 3.63) is 30.1 Å². The van der Waals surface area contributed by atoms with E-state index >= 15 is 0 Å². The lowest BCUT2D eigenvalue weighted by atomic mass is 9.79. The predicted molar refractivity (Wildman–Crippen MR) is 77.7 cm³/mol. The van der Waals surface area contributed by atoms with Crippen LogP contribution in [0.25, 0.3) is 0 Å². The molecule has 0 aromatic heterocycles. The van der Waals surface area contributed by atoms with Crippen molar-refractivity contribution >= 4 is 23.4 Å². The standard InChI is InChI=1S/C14H19FN2OS/c1-13(2)7-14(12(16)18,9-19-8-13)17-11-6-4-3-5-10(11)15/h3-6,17H,7-9H2,1-2H3,(H2,16,18). The van der Waals surface area contributed by atoms with Gasteiger partial charge < -0.3 is 11.1 Å². The van der Waals surface area contributed by atoms with Crippen molar-refractivity contribution in [1.82, 2.24) is 0 Å². The normalized spacial score (nSPS) is 25.8. The van der Waals surface area contributed by atoms with Crippen LogP contribution in [0.2, 0.25) is 0 Å². The maximum absolute atomic E-state index is 13.7. The summed E-state index contributed by atoms with van der Waals surface area (Å²) in [6, 6.07) is 6.36. The summed E-state index contributed by atoms with van der Waals surface area (Å²) in [4.78, 5) is 11.9. The minimum Gasteiger partial charge on any atom is -0.368 e. The predicted octanol–water partition coefficient (Wildman–Crippen LogP) is 2.62. The molecule has 0 saturated carbocycles. The van der Waals surface area contributed by atoms with E-state index in [1.54, 1.807) is 30.0 Å². The number of nitrogens with one attached hydrogen (secondary N) is 1. The molecule has 1 heterocycles. The van der Waals surface area contributed by atoms with Crippen LogP contribution in [-0.2, 0) is 4.79 Å². The summed E-state index contributed by atoms with van der Waals surface area (Å²) in [5.41, 5.74) is 5.03. The van der Waals surface area contributed by atoms with Gasteiger partial charge in [0.05, 0.1) is 5.69 Å². The van der Waals surface area contributed by atoms with E-state index in [2.05, 4.69) is 19.2 Å². The molecule has 1 aromatic carbocycles. The molecule has 3 N–H and O–H groups in total. The van der Waals surface area contributed by atoms with Crippen molar-refractivity contribution in [2.24, 2.45) is 11.1 Å². The Kier molecular flexibility index (Phi) is 3.76. The van der Waals surface area contributed by atoms with Gasteiger partial charge in [-0.3, -0.25) is 4.79 Å². The monoisotopic (exact) mass is 282 g/mol. The van der Waals surface area contributed by atoms with E-state index in [9.17, 15) is 9.18 Å². The van der Waals surface area contributed by atoms with Crippen LogP contribution in [0.15, 0.2) is 24.3 Å². The number of thioether (sulfide) groups is 1. The van der Waals surface area contributed by atoms with Crippen LogP contribution in [0.5, 0.6) is 0 Å². The lowest BCUT2D eigenvalue weighted by Gasteiger charge is -2.43. The second-order valence-corrected chi connectivity index (χ2v) is 6.87. The molecule has 1 amide bonds. The van der Waals surface area contributed by atoms with Crippen LogP contribution in [0.3, 0.4) is 0 Å². The Labute approximate surface area is 117 Å². The van der Waals surface area contributed by atoms with Crippen LogP contribution >= 0.6 is 11.8 Å². The SMILES string of the molecule is CC1(C)CSCC(Nc2ccccc2F)(C(N)=O)C1. The number of carbonyl (C=O) groups is 1. The highest BCUT2D eigenvalue weighted by atomic mass is 32.2. The van der Waals surface area contributed by atoms with Gasteiger partial charge in [0.2, 0.25) is 5.91 Å². The highest BCUT2D eigenvalue weighted by Crippen LogP contribution is 2.41. The molecule has 2 rings (SSSR count). The van der Waals surface area contributed by atoms with E-state index in [0.29, 0.717) is 17.9 Å². The molecule has 1 fully saturated rings. The van der Waals surface area contributed by atoms with Gasteiger partial charge in [-0.2, -0.15) is 11.8 Å². The number of halogens is 1. The van der Waals surface area contributed by atoms with Crippen molar-refractivity contribution < 1.29 is 9.18 Å². The molecule has 1 aromatic rings. The van der Waals surface area contributed by atoms with E-state index in [0.717, 1.165) is 5.75 Å². The summed E-state index contributed by atoms with van der Waals surface area (Å²) in [5, 5.41) is 3.05. The molecular weight excluding hydrogens is 263 g/mol. The van der Waals surface area contributed by atoms with Crippen LogP contribution in [0, 0.1) is 11.2 Å². The van der Waals surface area contributed by atoms with Crippen molar-refractivity contribution in [2.45, 2.75) is 25.8 Å². The number of nitrogens with two attached hydrogens (primary N) is 1. The van der Waals surface area contributed by atoms with E-state index in [4.69, 9.17) is 5.73 Å². The van der Waals surface area contributed by atoms with Gasteiger partial charge in [-0.1, -0.05) is 26.0 Å². The van der Waals surface area contributed by atoms with Crippen LogP contribution in [0.1, 0.15) is 20.3 Å². The summed E-state index contributed by atoms with van der Waals surface area (Å²) in [5.74, 6) is 0.758. The number of rotatable bonds is 3. The van der Waals surface area contributed by atoms with Crippen molar-refractivity contribution in [3.8, 4) is 0 Å². The summed E-state index contributed by atoms with van der Waals surface area (Å²) in [6.45, 7) is 4.19. The van der Waals surface area contributed by atoms with E-state index < -0.39 is 11.4 Å². The smallest absolute Gasteiger partial charge is 0.243 e. The molecule has 0 radical (unpaired) electrons. The molecular formula is C14H19FN2OS. The molecule has 1 unspecified atom stereocenters. The van der Waals surface area contributed by atoms with Gasteiger partial charge >= 0.3 is 0 Å². The second kappa shape index (κ2) is 5.04. The Balaban J connectivity index is 2.31. The van der Waals surface area contributed by atoms with Gasteiger partial charge in [0.25, 0.3) is 0 Å². The highest BCUT2D eigenvalue weighted by molar-refractivity contribution is 7.99. The van der Waals surface area contributed by atoms with Crippen molar-refractivity contribution in [2.75, 3.05) is 16.8 Å². The average Bonchev–Trinajstić information content (AvgIpc) is 2.30. The van der Waals surface area contributed by atoms with Gasteiger partial charge in [0, 0.05) is 5.75 Å². The Morgan fingerprint density at radius 1 is 1.37 bits per heavy atom. The largest absolute Gasteiger partial charge is 0.368 e. The maximum Gasteiger partial charge on any atom is 0.243 e. The molecule has 0 aliphatic carbocycles. The molecule has 0 bridgehead atoms. The number of primary amides is 1. The lowest BCUT2D eigenvalue weighted by Crippen LogP contribution is -2.57. The first-order valence-electron chi connectivity index (χ1n) is 6.25. The average molecular weight is 282 g/mol. The van der Waals surface area contributed by atoms with E-state index in [1.807, 2.05) is 0 Å². The van der Waals surface area contributed by atoms with Gasteiger partial charge in [-0.05, 0) is 29.7 Å². The molecule has 1 aliphatic rings. The fourth-order valence-corrected chi connectivity index (χ4v) is 3.96. The molecule has 5 heteroatoms. The first-order chi connectivity index (χ1) is 8.85. The van der Waals surface area contributed by atoms with Crippen LogP contribution in [0.4, 0.5) is 10.1 Å². The molecule has 104 valence electrons. The molecule has 19 heavy (non-hydrogen) atoms. The third-order valence-corrected chi connectivity index (χ3v) is 5.02. The minimum absolute atomic E-state index is 0.00377. The fourth-order valence-electron chi connectivity index (χ4n) is 2.54. The fraction of sp³-hybridized carbons (Fsp3) is 0.500. The van der Waals surface area contributed by atoms with Gasteiger partial charge in [-0.25, -0.2) is 4.39 Å². The van der Waals surface area contributed by atoms with Crippen molar-refractivity contribution in [3.63, 3.8) is 0 Å². The number of anilines is 1. The van der Waals surface area contributed by atoms with Crippen molar-refractivity contribution in [1.29, 1.82) is 0 Å². The zero-order valence-electron chi connectivity index (χ0n) is 11.2. The molecule has 1 atom stereocenters. The summed E-state index contributed by atoms with van der Waals surface area (Å²) >= 11 is 1.68. The lowest BCUT2D eigenvalue weighted by molar-refractivity contribution is -0.122. The van der Waals surface area contributed by atoms with Crippen LogP contribution in [-0.4, -0.2) is 23.0 Å². The molecule has 3 nitrogen and oxygen atoms in total. The quantitative estimate of drug-likeness (QED) is 0.896. The zero-order valence-corrected chi connectivity index (χ0v) is 12.0. The number of para-hydroxylation sites is 1. The zero-order chi connectivity index (χ0) is 14.1. The first kappa shape index (κ1) is 14.2. The Morgan fingerprint density at radius 2 is 2.05 bits per heavy atom. The number of hydrogen-bond donors (Lipinski definition) is 2. The summed E-state index contributed by atoms with van der Waals surface area (Å²) < 4.78 is 13.7. The summed E-state index contributed by atoms with van der Waals surface area (Å²) in [7, 11) is 0. The highest BCUT2D eigenvalue weighted by Gasteiger charge is 2.45. The summed E-state index contributed by atoms with van der Waals surface area (Å²) in [6.07, 6.45) is 0.608. The van der Waals surface area contributed by atoms with Gasteiger partial charge in [-0.15, -0.1) is 0 Å². The Bertz CT molecular complexity index is 492. The molecule has 0 spiro atoms. The maximum atomic E-state index is 13.7. The first-order valence-corrected chi connectivity index (χ1v) is 7.41. The molecule has 1 aliphatic heterocycles. The number of carbonyl (C=O) groups excluding carboxylic acids is 1.